The number of nitro benzene ring substituents is 1. The number of hydrogen-bond donors (Lipinski definition) is 0. The summed E-state index contributed by atoms with van der Waals surface area (Å²) in [4.78, 5) is 12.5. The summed E-state index contributed by atoms with van der Waals surface area (Å²) in [5.41, 5.74) is 2.99. The summed E-state index contributed by atoms with van der Waals surface area (Å²) in [6.45, 7) is 5.75. The van der Waals surface area contributed by atoms with E-state index in [9.17, 15) is 10.1 Å². The molecule has 0 fully saturated rings. The number of nitriles is 1. The molecule has 0 aliphatic heterocycles. The molecule has 30 heavy (non-hydrogen) atoms. The molecule has 0 radical (unpaired) electrons. The molecule has 2 rings (SSSR count). The highest BCUT2D eigenvalue weighted by Gasteiger charge is 2.10. The number of non-ortho nitro benzene ring substituents is 1. The maximum atomic E-state index is 10.8. The van der Waals surface area contributed by atoms with E-state index in [0.29, 0.717) is 24.3 Å². The zero-order valence-corrected chi connectivity index (χ0v) is 18.1. The van der Waals surface area contributed by atoms with Gasteiger partial charge in [0.2, 0.25) is 0 Å². The zero-order valence-electron chi connectivity index (χ0n) is 17.3. The highest BCUT2D eigenvalue weighted by Crippen LogP contribution is 2.32. The number of nitrogens with zero attached hydrogens (tertiary/aromatic N) is 5. The maximum absolute atomic E-state index is 10.8. The molecule has 0 amide bonds. The lowest BCUT2D eigenvalue weighted by Crippen LogP contribution is -2.25. The van der Waals surface area contributed by atoms with Gasteiger partial charge in [-0.2, -0.15) is 10.4 Å². The van der Waals surface area contributed by atoms with Gasteiger partial charge in [0.15, 0.2) is 0 Å². The zero-order chi connectivity index (χ0) is 21.9. The van der Waals surface area contributed by atoms with Crippen LogP contribution in [0.5, 0.6) is 0 Å². The van der Waals surface area contributed by atoms with E-state index in [-0.39, 0.29) is 10.7 Å². The van der Waals surface area contributed by atoms with Crippen molar-refractivity contribution in [3.05, 3.63) is 57.1 Å². The molecule has 0 aliphatic carbocycles. The van der Waals surface area contributed by atoms with Gasteiger partial charge in [0, 0.05) is 30.9 Å². The number of rotatable bonds is 11. The number of nitro groups is 1. The molecule has 2 aromatic rings. The number of hydrogen-bond acceptors (Lipinski definition) is 6. The molecule has 0 saturated carbocycles. The predicted octanol–water partition coefficient (Wildman–Crippen LogP) is 7.27. The first kappa shape index (κ1) is 23.3. The molecule has 8 heteroatoms. The number of aryl methyl sites for hydroxylation is 1. The fraction of sp³-hybridized carbons (Fsp3) is 0.409. The van der Waals surface area contributed by atoms with E-state index in [1.165, 1.54) is 37.5 Å². The Kier molecular flexibility index (Phi) is 9.23. The number of azo groups is 1. The highest BCUT2D eigenvalue weighted by atomic mass is 35.5. The number of unbranched alkanes of at least 4 members (excludes halogenated alkanes) is 3. The van der Waals surface area contributed by atoms with E-state index >= 15 is 0 Å². The molecule has 2 aromatic carbocycles. The van der Waals surface area contributed by atoms with Crippen molar-refractivity contribution in [1.29, 1.82) is 5.26 Å². The minimum atomic E-state index is -0.504. The topological polar surface area (TPSA) is 94.9 Å². The SMILES string of the molecule is CCCCCCN(CCC#N)c1ccc(/N=N\c2ccc([N+](=O)[O-])cc2Cl)c(C)c1. The summed E-state index contributed by atoms with van der Waals surface area (Å²) in [6.07, 6.45) is 5.16. The fourth-order valence-electron chi connectivity index (χ4n) is 3.03. The molecule has 0 aromatic heterocycles. The van der Waals surface area contributed by atoms with Crippen molar-refractivity contribution in [3.63, 3.8) is 0 Å². The van der Waals surface area contributed by atoms with Gasteiger partial charge in [0.1, 0.15) is 5.69 Å². The van der Waals surface area contributed by atoms with Crippen LogP contribution < -0.4 is 4.90 Å². The Balaban J connectivity index is 2.15. The first-order valence-electron chi connectivity index (χ1n) is 10.0. The average Bonchev–Trinajstić information content (AvgIpc) is 2.73. The summed E-state index contributed by atoms with van der Waals surface area (Å²) < 4.78 is 0. The Morgan fingerprint density at radius 1 is 1.10 bits per heavy atom. The summed E-state index contributed by atoms with van der Waals surface area (Å²) in [5, 5.41) is 28.4. The normalized spacial score (nSPS) is 10.9. The number of anilines is 1. The van der Waals surface area contributed by atoms with Crippen molar-refractivity contribution in [2.75, 3.05) is 18.0 Å². The summed E-state index contributed by atoms with van der Waals surface area (Å²) >= 11 is 6.07. The third kappa shape index (κ3) is 6.82. The van der Waals surface area contributed by atoms with Gasteiger partial charge in [-0.3, -0.25) is 10.1 Å². The predicted molar refractivity (Wildman–Crippen MR) is 120 cm³/mol. The smallest absolute Gasteiger partial charge is 0.271 e. The summed E-state index contributed by atoms with van der Waals surface area (Å²) in [5.74, 6) is 0. The standard InChI is InChI=1S/C22H26ClN5O2/c1-3-4-5-6-13-27(14-7-12-24)18-8-10-21(17(2)15-18)25-26-22-11-9-19(28(29)30)16-20(22)23/h8-11,15-16H,3-7,13-14H2,1-2H3/b26-25-. The fourth-order valence-corrected chi connectivity index (χ4v) is 3.24. The van der Waals surface area contributed by atoms with Crippen molar-refractivity contribution in [1.82, 2.24) is 0 Å². The molecule has 158 valence electrons. The van der Waals surface area contributed by atoms with Crippen LogP contribution in [0.15, 0.2) is 46.6 Å². The molecule has 0 saturated heterocycles. The van der Waals surface area contributed by atoms with Crippen LogP contribution in [0.4, 0.5) is 22.7 Å². The Morgan fingerprint density at radius 3 is 2.47 bits per heavy atom. The Labute approximate surface area is 182 Å². The van der Waals surface area contributed by atoms with Gasteiger partial charge in [-0.15, -0.1) is 5.11 Å². The second-order valence-corrected chi connectivity index (χ2v) is 7.43. The summed E-state index contributed by atoms with van der Waals surface area (Å²) in [6, 6.07) is 12.2. The highest BCUT2D eigenvalue weighted by molar-refractivity contribution is 6.33. The molecular weight excluding hydrogens is 402 g/mol. The van der Waals surface area contributed by atoms with E-state index in [0.717, 1.165) is 24.2 Å². The second-order valence-electron chi connectivity index (χ2n) is 7.02. The van der Waals surface area contributed by atoms with Crippen LogP contribution in [0.3, 0.4) is 0 Å². The molecule has 0 spiro atoms. The Morgan fingerprint density at radius 2 is 1.83 bits per heavy atom. The van der Waals surface area contributed by atoms with Crippen LogP contribution in [-0.2, 0) is 0 Å². The van der Waals surface area contributed by atoms with Crippen LogP contribution in [0.1, 0.15) is 44.6 Å². The van der Waals surface area contributed by atoms with E-state index in [1.807, 2.05) is 25.1 Å². The third-order valence-electron chi connectivity index (χ3n) is 4.73. The number of benzene rings is 2. The summed E-state index contributed by atoms with van der Waals surface area (Å²) in [7, 11) is 0. The van der Waals surface area contributed by atoms with E-state index in [2.05, 4.69) is 28.1 Å². The van der Waals surface area contributed by atoms with Gasteiger partial charge >= 0.3 is 0 Å². The van der Waals surface area contributed by atoms with Crippen molar-refractivity contribution in [2.24, 2.45) is 10.2 Å². The van der Waals surface area contributed by atoms with Crippen molar-refractivity contribution >= 4 is 34.4 Å². The average molecular weight is 428 g/mol. The maximum Gasteiger partial charge on any atom is 0.271 e. The first-order chi connectivity index (χ1) is 14.5. The third-order valence-corrected chi connectivity index (χ3v) is 5.03. The number of halogens is 1. The molecule has 0 atom stereocenters. The van der Waals surface area contributed by atoms with Crippen LogP contribution in [0.2, 0.25) is 5.02 Å². The van der Waals surface area contributed by atoms with Crippen molar-refractivity contribution < 1.29 is 4.92 Å². The van der Waals surface area contributed by atoms with Crippen LogP contribution in [0, 0.1) is 28.4 Å². The molecule has 0 bridgehead atoms. The van der Waals surface area contributed by atoms with Gasteiger partial charge in [0.25, 0.3) is 5.69 Å². The molecule has 0 unspecified atom stereocenters. The van der Waals surface area contributed by atoms with Gasteiger partial charge in [-0.25, -0.2) is 0 Å². The lowest BCUT2D eigenvalue weighted by Gasteiger charge is -2.24. The first-order valence-corrected chi connectivity index (χ1v) is 10.4. The van der Waals surface area contributed by atoms with Crippen LogP contribution >= 0.6 is 11.6 Å². The lowest BCUT2D eigenvalue weighted by molar-refractivity contribution is -0.384. The Bertz CT molecular complexity index is 940. The minimum Gasteiger partial charge on any atom is -0.370 e. The largest absolute Gasteiger partial charge is 0.370 e. The van der Waals surface area contributed by atoms with Gasteiger partial charge < -0.3 is 4.90 Å². The minimum absolute atomic E-state index is 0.0871. The molecule has 7 nitrogen and oxygen atoms in total. The van der Waals surface area contributed by atoms with Crippen molar-refractivity contribution in [3.8, 4) is 6.07 Å². The monoisotopic (exact) mass is 427 g/mol. The van der Waals surface area contributed by atoms with E-state index < -0.39 is 4.92 Å². The lowest BCUT2D eigenvalue weighted by atomic mass is 10.1. The quantitative estimate of drug-likeness (QED) is 0.163. The van der Waals surface area contributed by atoms with Gasteiger partial charge in [0.05, 0.1) is 28.1 Å². The van der Waals surface area contributed by atoms with Gasteiger partial charge in [-0.05, 0) is 43.2 Å². The molecular formula is C22H26ClN5O2. The molecule has 0 N–H and O–H groups in total. The molecule has 0 aliphatic rings. The van der Waals surface area contributed by atoms with Crippen LogP contribution in [-0.4, -0.2) is 18.0 Å². The molecule has 0 heterocycles. The second kappa shape index (κ2) is 11.9. The Hall–Kier alpha value is -2.98. The van der Waals surface area contributed by atoms with Gasteiger partial charge in [-0.1, -0.05) is 37.8 Å². The van der Waals surface area contributed by atoms with E-state index in [1.54, 1.807) is 0 Å². The van der Waals surface area contributed by atoms with Crippen molar-refractivity contribution in [2.45, 2.75) is 46.0 Å². The van der Waals surface area contributed by atoms with E-state index in [4.69, 9.17) is 16.9 Å². The van der Waals surface area contributed by atoms with Crippen LogP contribution in [0.25, 0.3) is 0 Å².